The summed E-state index contributed by atoms with van der Waals surface area (Å²) in [5.41, 5.74) is -1.02. The van der Waals surface area contributed by atoms with E-state index in [0.717, 1.165) is 18.1 Å². The van der Waals surface area contributed by atoms with E-state index in [2.05, 4.69) is 0 Å². The Bertz CT molecular complexity index is 824. The van der Waals surface area contributed by atoms with E-state index in [1.807, 2.05) is 49.3 Å². The highest BCUT2D eigenvalue weighted by Crippen LogP contribution is 2.48. The Morgan fingerprint density at radius 2 is 1.68 bits per heavy atom. The third-order valence-electron chi connectivity index (χ3n) is 6.07. The summed E-state index contributed by atoms with van der Waals surface area (Å²) in [6, 6.07) is 10.6. The Balaban J connectivity index is 2.12. The SMILES string of the molecule is Cc1c(F)c(F)cc(C2(O)C(Cc3ccccc3)CCCC2CN(C)C)c1F. The van der Waals surface area contributed by atoms with Crippen LogP contribution in [0.1, 0.15) is 36.0 Å². The highest BCUT2D eigenvalue weighted by atomic mass is 19.2. The van der Waals surface area contributed by atoms with E-state index < -0.39 is 23.1 Å². The van der Waals surface area contributed by atoms with Gasteiger partial charge in [-0.05, 0) is 57.8 Å². The minimum Gasteiger partial charge on any atom is -0.384 e. The van der Waals surface area contributed by atoms with Crippen molar-refractivity contribution in [3.63, 3.8) is 0 Å². The molecule has 2 nitrogen and oxygen atoms in total. The average molecular weight is 391 g/mol. The van der Waals surface area contributed by atoms with E-state index in [9.17, 15) is 13.9 Å². The van der Waals surface area contributed by atoms with Gasteiger partial charge in [0.1, 0.15) is 5.82 Å². The van der Waals surface area contributed by atoms with Crippen LogP contribution in [0.25, 0.3) is 0 Å². The predicted octanol–water partition coefficient (Wildman–Crippen LogP) is 4.82. The maximum Gasteiger partial charge on any atom is 0.164 e. The molecule has 2 aromatic rings. The number of hydrogen-bond donors (Lipinski definition) is 1. The highest BCUT2D eigenvalue weighted by molar-refractivity contribution is 5.34. The molecule has 1 saturated carbocycles. The molecule has 3 unspecified atom stereocenters. The van der Waals surface area contributed by atoms with Crippen LogP contribution in [0.4, 0.5) is 13.2 Å². The van der Waals surface area contributed by atoms with Gasteiger partial charge in [-0.15, -0.1) is 0 Å². The second-order valence-electron chi connectivity index (χ2n) is 8.26. The summed E-state index contributed by atoms with van der Waals surface area (Å²) in [7, 11) is 3.79. The molecule has 3 rings (SSSR count). The first-order valence-corrected chi connectivity index (χ1v) is 9.80. The summed E-state index contributed by atoms with van der Waals surface area (Å²) in [6.07, 6.45) is 2.87. The first kappa shape index (κ1) is 20.9. The Labute approximate surface area is 165 Å². The van der Waals surface area contributed by atoms with Crippen LogP contribution in [0.3, 0.4) is 0 Å². The molecule has 28 heavy (non-hydrogen) atoms. The monoisotopic (exact) mass is 391 g/mol. The first-order valence-electron chi connectivity index (χ1n) is 9.80. The molecule has 0 heterocycles. The summed E-state index contributed by atoms with van der Waals surface area (Å²) in [6.45, 7) is 1.76. The van der Waals surface area contributed by atoms with Crippen LogP contribution in [-0.4, -0.2) is 30.6 Å². The van der Waals surface area contributed by atoms with Gasteiger partial charge < -0.3 is 10.0 Å². The molecule has 2 aromatic carbocycles. The summed E-state index contributed by atoms with van der Waals surface area (Å²) in [5, 5.41) is 11.9. The fourth-order valence-electron chi connectivity index (χ4n) is 4.67. The average Bonchev–Trinajstić information content (AvgIpc) is 2.66. The molecule has 1 N–H and O–H groups in total. The molecular weight excluding hydrogens is 363 g/mol. The zero-order chi connectivity index (χ0) is 20.5. The van der Waals surface area contributed by atoms with E-state index in [0.29, 0.717) is 25.8 Å². The van der Waals surface area contributed by atoms with Gasteiger partial charge in [-0.2, -0.15) is 0 Å². The number of aliphatic hydroxyl groups is 1. The topological polar surface area (TPSA) is 23.5 Å². The van der Waals surface area contributed by atoms with Crippen LogP contribution in [0.15, 0.2) is 36.4 Å². The van der Waals surface area contributed by atoms with Crippen molar-refractivity contribution >= 4 is 0 Å². The molecular formula is C23H28F3NO. The molecule has 0 aliphatic heterocycles. The largest absolute Gasteiger partial charge is 0.384 e. The van der Waals surface area contributed by atoms with Crippen LogP contribution in [0.2, 0.25) is 0 Å². The van der Waals surface area contributed by atoms with Crippen molar-refractivity contribution < 1.29 is 18.3 Å². The van der Waals surface area contributed by atoms with Crippen molar-refractivity contribution in [1.82, 2.24) is 4.90 Å². The molecule has 152 valence electrons. The Hall–Kier alpha value is -1.85. The molecule has 1 aliphatic carbocycles. The summed E-state index contributed by atoms with van der Waals surface area (Å²) < 4.78 is 43.3. The van der Waals surface area contributed by atoms with Crippen molar-refractivity contribution in [3.05, 3.63) is 70.5 Å². The van der Waals surface area contributed by atoms with Crippen molar-refractivity contribution in [2.75, 3.05) is 20.6 Å². The highest BCUT2D eigenvalue weighted by Gasteiger charge is 2.49. The van der Waals surface area contributed by atoms with Crippen LogP contribution in [-0.2, 0) is 12.0 Å². The van der Waals surface area contributed by atoms with Crippen LogP contribution in [0.5, 0.6) is 0 Å². The zero-order valence-electron chi connectivity index (χ0n) is 16.7. The Morgan fingerprint density at radius 1 is 1.04 bits per heavy atom. The van der Waals surface area contributed by atoms with Crippen LogP contribution >= 0.6 is 0 Å². The molecule has 0 bridgehead atoms. The van der Waals surface area contributed by atoms with Gasteiger partial charge >= 0.3 is 0 Å². The van der Waals surface area contributed by atoms with E-state index in [1.165, 1.54) is 6.92 Å². The Kier molecular flexibility index (Phi) is 6.15. The minimum atomic E-state index is -1.57. The molecule has 1 aliphatic rings. The molecule has 0 saturated heterocycles. The Morgan fingerprint density at radius 3 is 2.32 bits per heavy atom. The quantitative estimate of drug-likeness (QED) is 0.739. The van der Waals surface area contributed by atoms with Gasteiger partial charge in [0.25, 0.3) is 0 Å². The second kappa shape index (κ2) is 8.26. The lowest BCUT2D eigenvalue weighted by Crippen LogP contribution is -2.50. The summed E-state index contributed by atoms with van der Waals surface area (Å²) in [4.78, 5) is 1.95. The number of rotatable bonds is 5. The standard InChI is InChI=1S/C23H28F3NO/c1-15-21(25)19(13-20(24)22(15)26)23(28)17(12-16-8-5-4-6-9-16)10-7-11-18(23)14-27(2)3/h4-6,8-9,13,17-18,28H,7,10-12,14H2,1-3H3. The van der Waals surface area contributed by atoms with Crippen molar-refractivity contribution in [2.24, 2.45) is 11.8 Å². The molecule has 0 spiro atoms. The maximum atomic E-state index is 15.1. The lowest BCUT2D eigenvalue weighted by molar-refractivity contribution is -0.110. The molecule has 3 atom stereocenters. The van der Waals surface area contributed by atoms with Gasteiger partial charge in [0, 0.05) is 23.6 Å². The summed E-state index contributed by atoms with van der Waals surface area (Å²) >= 11 is 0. The third kappa shape index (κ3) is 3.83. The normalized spacial score (nSPS) is 25.3. The second-order valence-corrected chi connectivity index (χ2v) is 8.26. The summed E-state index contributed by atoms with van der Waals surface area (Å²) in [5.74, 6) is -3.71. The third-order valence-corrected chi connectivity index (χ3v) is 6.07. The van der Waals surface area contributed by atoms with Crippen molar-refractivity contribution in [2.45, 2.75) is 38.2 Å². The first-order chi connectivity index (χ1) is 13.2. The van der Waals surface area contributed by atoms with E-state index >= 15 is 4.39 Å². The fraction of sp³-hybridized carbons (Fsp3) is 0.478. The van der Waals surface area contributed by atoms with Gasteiger partial charge in [0.15, 0.2) is 11.6 Å². The molecule has 5 heteroatoms. The minimum absolute atomic E-state index is 0.114. The smallest absolute Gasteiger partial charge is 0.164 e. The maximum absolute atomic E-state index is 15.1. The molecule has 0 radical (unpaired) electrons. The number of halogens is 3. The lowest BCUT2D eigenvalue weighted by atomic mass is 9.63. The van der Waals surface area contributed by atoms with Gasteiger partial charge in [0.05, 0.1) is 5.60 Å². The van der Waals surface area contributed by atoms with E-state index in [4.69, 9.17) is 0 Å². The zero-order valence-corrected chi connectivity index (χ0v) is 16.7. The van der Waals surface area contributed by atoms with Crippen molar-refractivity contribution in [1.29, 1.82) is 0 Å². The van der Waals surface area contributed by atoms with Crippen molar-refractivity contribution in [3.8, 4) is 0 Å². The van der Waals surface area contributed by atoms with Crippen LogP contribution < -0.4 is 0 Å². The van der Waals surface area contributed by atoms with E-state index in [1.54, 1.807) is 0 Å². The number of nitrogens with zero attached hydrogens (tertiary/aromatic N) is 1. The van der Waals surface area contributed by atoms with Gasteiger partial charge in [0.2, 0.25) is 0 Å². The van der Waals surface area contributed by atoms with Gasteiger partial charge in [-0.3, -0.25) is 0 Å². The number of hydrogen-bond acceptors (Lipinski definition) is 2. The molecule has 0 aromatic heterocycles. The van der Waals surface area contributed by atoms with Crippen LogP contribution in [0, 0.1) is 36.2 Å². The van der Waals surface area contributed by atoms with Gasteiger partial charge in [-0.1, -0.05) is 36.8 Å². The predicted molar refractivity (Wildman–Crippen MR) is 104 cm³/mol. The van der Waals surface area contributed by atoms with E-state index in [-0.39, 0.29) is 23.0 Å². The fourth-order valence-corrected chi connectivity index (χ4v) is 4.67. The molecule has 0 amide bonds. The van der Waals surface area contributed by atoms with Gasteiger partial charge in [-0.25, -0.2) is 13.2 Å². The molecule has 1 fully saturated rings. The number of benzene rings is 2. The lowest BCUT2D eigenvalue weighted by Gasteiger charge is -2.47.